The quantitative estimate of drug-likeness (QED) is 0.0348. The summed E-state index contributed by atoms with van der Waals surface area (Å²) in [5.41, 5.74) is 2.50. The molecule has 0 bridgehead atoms. The van der Waals surface area contributed by atoms with Gasteiger partial charge in [0.1, 0.15) is 12.7 Å². The van der Waals surface area contributed by atoms with Gasteiger partial charge in [0.25, 0.3) is 0 Å². The number of carboxylic acid groups (broad SMARTS) is 1. The van der Waals surface area contributed by atoms with Crippen LogP contribution in [0.1, 0.15) is 198 Å². The third kappa shape index (κ3) is 35.8. The zero-order valence-electron chi connectivity index (χ0n) is 38.8. The molecule has 0 fully saturated rings. The van der Waals surface area contributed by atoms with Gasteiger partial charge in [-0.2, -0.15) is 0 Å². The second-order valence-corrected chi connectivity index (χ2v) is 21.0. The molecule has 6 N–H and O–H groups in total. The molecule has 0 aromatic heterocycles. The van der Waals surface area contributed by atoms with E-state index >= 15 is 0 Å². The zero-order valence-corrected chi connectivity index (χ0v) is 39.7. The fraction of sp³-hybridized carbons (Fsp3) is 0.978. The van der Waals surface area contributed by atoms with E-state index in [0.717, 1.165) is 55.3 Å². The van der Waals surface area contributed by atoms with Crippen molar-refractivity contribution in [2.75, 3.05) is 33.0 Å². The first-order valence-electron chi connectivity index (χ1n) is 23.3. The number of carboxylic acids is 1. The van der Waals surface area contributed by atoms with Crippen molar-refractivity contribution in [1.29, 1.82) is 0 Å². The Morgan fingerprint density at radius 2 is 0.965 bits per heavy atom. The van der Waals surface area contributed by atoms with E-state index < -0.39 is 38.1 Å². The highest BCUT2D eigenvalue weighted by Crippen LogP contribution is 2.43. The summed E-state index contributed by atoms with van der Waals surface area (Å²) in [5, 5.41) is 20.2. The van der Waals surface area contributed by atoms with Crippen LogP contribution in [0.4, 0.5) is 0 Å². The first kappa shape index (κ1) is 56.4. The molecule has 0 aromatic carbocycles. The van der Waals surface area contributed by atoms with Crippen molar-refractivity contribution >= 4 is 13.8 Å². The molecule has 0 aliphatic carbocycles. The van der Waals surface area contributed by atoms with Crippen LogP contribution >= 0.6 is 7.82 Å². The van der Waals surface area contributed by atoms with Crippen molar-refractivity contribution in [3.05, 3.63) is 0 Å². The minimum atomic E-state index is -4.54. The lowest BCUT2D eigenvalue weighted by Crippen LogP contribution is -2.67. The average molecular weight is 837 g/mol. The van der Waals surface area contributed by atoms with Crippen LogP contribution in [-0.2, 0) is 27.9 Å². The molecular weight excluding hydrogens is 741 g/mol. The normalized spacial score (nSPS) is 18.2. The van der Waals surface area contributed by atoms with Gasteiger partial charge in [0.2, 0.25) is 6.04 Å². The standard InChI is InChI=1S/C46H94NO9P/c1-36(2)17-11-19-38(5)21-13-23-40(7)24-15-26-42(9)28-31-53-33-43(34-55-57(51,52)56-35-44(47)45(48)49)54-32-30-46(10,50)29-16-27-41(8)25-14-22-39(6)20-12-18-37(3)4/h36-44,50H,11-35,47H2,1-10H3,(H,48,49)(H,51,52)/p+1/t38-,39-,40-,41-,42-,43+,44+,46-/m1/s1. The van der Waals surface area contributed by atoms with Gasteiger partial charge in [0.15, 0.2) is 0 Å². The predicted molar refractivity (Wildman–Crippen MR) is 235 cm³/mol. The van der Waals surface area contributed by atoms with Crippen LogP contribution in [0.25, 0.3) is 0 Å². The molecule has 10 nitrogen and oxygen atoms in total. The molecule has 1 unspecified atom stereocenters. The number of quaternary nitrogens is 1. The highest BCUT2D eigenvalue weighted by Gasteiger charge is 2.28. The third-order valence-electron chi connectivity index (χ3n) is 11.8. The molecule has 0 spiro atoms. The van der Waals surface area contributed by atoms with Crippen LogP contribution in [0.5, 0.6) is 0 Å². The number of phosphoric ester groups is 1. The van der Waals surface area contributed by atoms with Crippen LogP contribution in [0.2, 0.25) is 0 Å². The fourth-order valence-corrected chi connectivity index (χ4v) is 8.23. The molecule has 9 atom stereocenters. The maximum Gasteiger partial charge on any atom is 0.472 e. The van der Waals surface area contributed by atoms with Crippen LogP contribution in [-0.4, -0.2) is 71.9 Å². The van der Waals surface area contributed by atoms with E-state index in [1.807, 2.05) is 6.92 Å². The Morgan fingerprint density at radius 1 is 0.579 bits per heavy atom. The molecule has 0 saturated carbocycles. The van der Waals surface area contributed by atoms with Gasteiger partial charge in [0.05, 0.1) is 18.8 Å². The van der Waals surface area contributed by atoms with Gasteiger partial charge >= 0.3 is 13.8 Å². The Labute approximate surface area is 351 Å². The summed E-state index contributed by atoms with van der Waals surface area (Å²) in [7, 11) is -4.54. The minimum Gasteiger partial charge on any atom is -0.477 e. The van der Waals surface area contributed by atoms with Gasteiger partial charge in [-0.3, -0.25) is 9.05 Å². The molecule has 0 rings (SSSR count). The lowest BCUT2D eigenvalue weighted by Gasteiger charge is -2.26. The van der Waals surface area contributed by atoms with Crippen molar-refractivity contribution < 1.29 is 48.7 Å². The maximum absolute atomic E-state index is 12.5. The maximum atomic E-state index is 12.5. The van der Waals surface area contributed by atoms with Crippen LogP contribution in [0.15, 0.2) is 0 Å². The number of ether oxygens (including phenoxy) is 2. The number of carbonyl (C=O) groups is 1. The molecule has 0 amide bonds. The number of phosphoric acid groups is 1. The first-order chi connectivity index (χ1) is 26.7. The zero-order chi connectivity index (χ0) is 43.3. The lowest BCUT2D eigenvalue weighted by molar-refractivity contribution is -0.411. The summed E-state index contributed by atoms with van der Waals surface area (Å²) in [6, 6.07) is -1.20. The Bertz CT molecular complexity index is 1010. The number of hydrogen-bond donors (Lipinski definition) is 4. The monoisotopic (exact) mass is 837 g/mol. The lowest BCUT2D eigenvalue weighted by atomic mass is 9.89. The Hall–Kier alpha value is -0.580. The summed E-state index contributed by atoms with van der Waals surface area (Å²) in [4.78, 5) is 21.2. The molecule has 0 aliphatic rings. The van der Waals surface area contributed by atoms with Crippen molar-refractivity contribution in [1.82, 2.24) is 0 Å². The van der Waals surface area contributed by atoms with E-state index in [4.69, 9.17) is 23.6 Å². The van der Waals surface area contributed by atoms with Gasteiger partial charge in [-0.1, -0.05) is 171 Å². The third-order valence-corrected chi connectivity index (χ3v) is 12.8. The Balaban J connectivity index is 4.68. The molecule has 0 heterocycles. The largest absolute Gasteiger partial charge is 0.477 e. The highest BCUT2D eigenvalue weighted by atomic mass is 31.2. The van der Waals surface area contributed by atoms with Crippen LogP contribution in [0.3, 0.4) is 0 Å². The summed E-state index contributed by atoms with van der Waals surface area (Å²) in [5.74, 6) is 3.87. The van der Waals surface area contributed by atoms with E-state index in [1.165, 1.54) is 89.9 Å². The van der Waals surface area contributed by atoms with Gasteiger partial charge in [-0.25, -0.2) is 9.36 Å². The van der Waals surface area contributed by atoms with Gasteiger partial charge in [-0.15, -0.1) is 0 Å². The predicted octanol–water partition coefficient (Wildman–Crippen LogP) is 11.3. The van der Waals surface area contributed by atoms with E-state index in [9.17, 15) is 19.4 Å². The van der Waals surface area contributed by atoms with Crippen molar-refractivity contribution in [2.45, 2.75) is 215 Å². The highest BCUT2D eigenvalue weighted by molar-refractivity contribution is 7.47. The number of aliphatic hydroxyl groups is 1. The average Bonchev–Trinajstić information content (AvgIpc) is 3.10. The second kappa shape index (κ2) is 33.1. The molecule has 57 heavy (non-hydrogen) atoms. The van der Waals surface area contributed by atoms with E-state index in [-0.39, 0.29) is 19.8 Å². The van der Waals surface area contributed by atoms with E-state index in [2.05, 4.69) is 68.0 Å². The summed E-state index contributed by atoms with van der Waals surface area (Å²) >= 11 is 0. The summed E-state index contributed by atoms with van der Waals surface area (Å²) in [6.45, 7) is 22.9. The van der Waals surface area contributed by atoms with Gasteiger partial charge in [0, 0.05) is 13.2 Å². The molecule has 342 valence electrons. The fourth-order valence-electron chi connectivity index (χ4n) is 7.43. The van der Waals surface area contributed by atoms with Crippen molar-refractivity contribution in [3.63, 3.8) is 0 Å². The minimum absolute atomic E-state index is 0.155. The molecule has 11 heteroatoms. The van der Waals surface area contributed by atoms with Crippen molar-refractivity contribution in [3.8, 4) is 0 Å². The van der Waals surface area contributed by atoms with Gasteiger partial charge < -0.3 is 30.3 Å². The molecule has 0 saturated heterocycles. The summed E-state index contributed by atoms with van der Waals surface area (Å²) in [6.07, 6.45) is 22.7. The second-order valence-electron chi connectivity index (χ2n) is 19.6. The number of aliphatic carboxylic acids is 1. The number of hydrogen-bond acceptors (Lipinski definition) is 7. The summed E-state index contributed by atoms with van der Waals surface area (Å²) < 4.78 is 34.6. The molecule has 0 aromatic rings. The smallest absolute Gasteiger partial charge is 0.472 e. The van der Waals surface area contributed by atoms with Crippen LogP contribution in [0, 0.1) is 41.4 Å². The Kier molecular flexibility index (Phi) is 32.8. The van der Waals surface area contributed by atoms with Crippen LogP contribution < -0.4 is 5.73 Å². The van der Waals surface area contributed by atoms with E-state index in [1.54, 1.807) is 0 Å². The molecule has 0 radical (unpaired) electrons. The first-order valence-corrected chi connectivity index (χ1v) is 24.8. The molecular formula is C46H95NO9P+. The SMILES string of the molecule is CC(C)CCC[C@@H](C)CCC[C@@H](C)CCC[C@@H](C)CCOC[C@@H](COP(=O)(O)OC[C@H]([NH3+])C(=O)O)OCC[C@](C)(O)CCC[C@H](C)CCC[C@H](C)CCCC(C)C. The molecule has 0 aliphatic heterocycles. The van der Waals surface area contributed by atoms with Crippen molar-refractivity contribution in [2.24, 2.45) is 41.4 Å². The van der Waals surface area contributed by atoms with E-state index in [0.29, 0.717) is 31.3 Å². The van der Waals surface area contributed by atoms with Gasteiger partial charge in [-0.05, 0) is 67.6 Å². The Morgan fingerprint density at radius 3 is 1.39 bits per heavy atom. The number of rotatable bonds is 40. The topological polar surface area (TPSA) is 159 Å².